The van der Waals surface area contributed by atoms with Crippen molar-refractivity contribution in [2.24, 2.45) is 0 Å². The summed E-state index contributed by atoms with van der Waals surface area (Å²) in [6.07, 6.45) is 6.21. The molecule has 0 aliphatic heterocycles. The fourth-order valence-corrected chi connectivity index (χ4v) is 2.07. The Morgan fingerprint density at radius 1 is 1.20 bits per heavy atom. The monoisotopic (exact) mass is 207 g/mol. The van der Waals surface area contributed by atoms with E-state index in [1.54, 1.807) is 6.20 Å². The molecule has 0 unspecified atom stereocenters. The summed E-state index contributed by atoms with van der Waals surface area (Å²) in [7, 11) is 0. The van der Waals surface area contributed by atoms with Crippen molar-refractivity contribution in [3.05, 3.63) is 30.1 Å². The van der Waals surface area contributed by atoms with Gasteiger partial charge in [-0.1, -0.05) is 32.8 Å². The molecular weight excluding hydrogens is 186 g/mol. The van der Waals surface area contributed by atoms with Crippen LogP contribution >= 0.6 is 0 Å². The predicted molar refractivity (Wildman–Crippen MR) is 62.7 cm³/mol. The van der Waals surface area contributed by atoms with Gasteiger partial charge in [-0.25, -0.2) is 0 Å². The van der Waals surface area contributed by atoms with Gasteiger partial charge in [0, 0.05) is 18.3 Å². The van der Waals surface area contributed by atoms with Crippen molar-refractivity contribution in [3.63, 3.8) is 0 Å². The number of nitrogens with zero attached hydrogens (tertiary/aromatic N) is 1. The Labute approximate surface area is 92.4 Å². The Hall–Kier alpha value is -0.890. The van der Waals surface area contributed by atoms with Crippen LogP contribution in [0, 0.1) is 0 Å². The van der Waals surface area contributed by atoms with Crippen molar-refractivity contribution >= 4 is 0 Å². The molecule has 1 aromatic rings. The van der Waals surface area contributed by atoms with Gasteiger partial charge in [-0.05, 0) is 25.0 Å². The van der Waals surface area contributed by atoms with Gasteiger partial charge in [0.2, 0.25) is 0 Å². The van der Waals surface area contributed by atoms with Crippen LogP contribution in [0.2, 0.25) is 0 Å². The summed E-state index contributed by atoms with van der Waals surface area (Å²) >= 11 is 0. The van der Waals surface area contributed by atoms with E-state index in [2.05, 4.69) is 18.8 Å². The molecule has 0 aromatic carbocycles. The van der Waals surface area contributed by atoms with E-state index in [4.69, 9.17) is 0 Å². The van der Waals surface area contributed by atoms with Gasteiger partial charge in [0.1, 0.15) is 0 Å². The summed E-state index contributed by atoms with van der Waals surface area (Å²) in [6, 6.07) is 5.86. The number of pyridine rings is 1. The Bertz CT molecular complexity index is 265. The normalized spacial score (nSPS) is 11.7. The third kappa shape index (κ3) is 4.00. The lowest BCUT2D eigenvalue weighted by Crippen LogP contribution is -2.31. The van der Waals surface area contributed by atoms with Crippen molar-refractivity contribution in [2.45, 2.75) is 51.6 Å². The molecule has 0 aliphatic rings. The highest BCUT2D eigenvalue weighted by atomic mass is 16.3. The Morgan fingerprint density at radius 2 is 1.87 bits per heavy atom. The number of rotatable bonds is 6. The van der Waals surface area contributed by atoms with Crippen LogP contribution in [0.4, 0.5) is 0 Å². The Kier molecular flexibility index (Phi) is 4.76. The smallest absolute Gasteiger partial charge is 0.0702 e. The second-order valence-electron chi connectivity index (χ2n) is 4.22. The minimum atomic E-state index is -0.558. The molecule has 0 atom stereocenters. The van der Waals surface area contributed by atoms with E-state index in [1.807, 2.05) is 18.2 Å². The molecule has 0 fully saturated rings. The quantitative estimate of drug-likeness (QED) is 0.778. The number of aliphatic hydroxyl groups is 1. The molecule has 0 saturated heterocycles. The summed E-state index contributed by atoms with van der Waals surface area (Å²) in [4.78, 5) is 4.27. The second-order valence-corrected chi connectivity index (χ2v) is 4.22. The highest BCUT2D eigenvalue weighted by Gasteiger charge is 2.25. The van der Waals surface area contributed by atoms with E-state index in [9.17, 15) is 5.11 Å². The summed E-state index contributed by atoms with van der Waals surface area (Å²) in [5.41, 5.74) is 0.430. The first-order chi connectivity index (χ1) is 7.20. The third-order valence-corrected chi connectivity index (χ3v) is 2.67. The van der Waals surface area contributed by atoms with E-state index in [0.717, 1.165) is 31.4 Å². The van der Waals surface area contributed by atoms with E-state index in [0.29, 0.717) is 6.42 Å². The van der Waals surface area contributed by atoms with Crippen molar-refractivity contribution in [1.82, 2.24) is 4.98 Å². The summed E-state index contributed by atoms with van der Waals surface area (Å²) < 4.78 is 0. The molecule has 2 nitrogen and oxygen atoms in total. The minimum absolute atomic E-state index is 0.558. The van der Waals surface area contributed by atoms with Gasteiger partial charge in [-0.15, -0.1) is 0 Å². The first-order valence-electron chi connectivity index (χ1n) is 5.82. The summed E-state index contributed by atoms with van der Waals surface area (Å²) in [5.74, 6) is 0. The summed E-state index contributed by atoms with van der Waals surface area (Å²) in [6.45, 7) is 4.22. The van der Waals surface area contributed by atoms with Gasteiger partial charge >= 0.3 is 0 Å². The molecule has 0 saturated carbocycles. The number of hydrogen-bond donors (Lipinski definition) is 1. The largest absolute Gasteiger partial charge is 0.389 e. The second kappa shape index (κ2) is 5.86. The van der Waals surface area contributed by atoms with Crippen LogP contribution in [0.1, 0.15) is 45.2 Å². The molecule has 84 valence electrons. The van der Waals surface area contributed by atoms with Crippen LogP contribution < -0.4 is 0 Å². The van der Waals surface area contributed by atoms with Crippen LogP contribution in [-0.4, -0.2) is 15.7 Å². The van der Waals surface area contributed by atoms with Crippen LogP contribution in [0.5, 0.6) is 0 Å². The number of aromatic nitrogens is 1. The molecule has 0 bridgehead atoms. The molecule has 1 aromatic heterocycles. The summed E-state index contributed by atoms with van der Waals surface area (Å²) in [5, 5.41) is 10.4. The third-order valence-electron chi connectivity index (χ3n) is 2.67. The molecule has 2 heteroatoms. The molecular formula is C13H21NO. The van der Waals surface area contributed by atoms with Crippen molar-refractivity contribution in [2.75, 3.05) is 0 Å². The van der Waals surface area contributed by atoms with Crippen molar-refractivity contribution in [1.29, 1.82) is 0 Å². The van der Waals surface area contributed by atoms with Gasteiger partial charge in [0.15, 0.2) is 0 Å². The van der Waals surface area contributed by atoms with E-state index in [-0.39, 0.29) is 0 Å². The zero-order valence-corrected chi connectivity index (χ0v) is 9.74. The van der Waals surface area contributed by atoms with Crippen LogP contribution in [0.25, 0.3) is 0 Å². The topological polar surface area (TPSA) is 33.1 Å². The SMILES string of the molecule is CCCC(O)(CCC)Cc1ccccn1. The highest BCUT2D eigenvalue weighted by molar-refractivity contribution is 5.07. The maximum atomic E-state index is 10.4. The maximum Gasteiger partial charge on any atom is 0.0702 e. The predicted octanol–water partition coefficient (Wildman–Crippen LogP) is 2.96. The average molecular weight is 207 g/mol. The molecule has 0 spiro atoms. The van der Waals surface area contributed by atoms with Gasteiger partial charge in [-0.2, -0.15) is 0 Å². The minimum Gasteiger partial charge on any atom is -0.389 e. The number of hydrogen-bond acceptors (Lipinski definition) is 2. The molecule has 0 aliphatic carbocycles. The zero-order valence-electron chi connectivity index (χ0n) is 9.74. The molecule has 15 heavy (non-hydrogen) atoms. The fourth-order valence-electron chi connectivity index (χ4n) is 2.07. The Morgan fingerprint density at radius 3 is 2.33 bits per heavy atom. The molecule has 1 heterocycles. The standard InChI is InChI=1S/C13H21NO/c1-3-8-13(15,9-4-2)11-12-7-5-6-10-14-12/h5-7,10,15H,3-4,8-9,11H2,1-2H3. The van der Waals surface area contributed by atoms with Gasteiger partial charge in [0.05, 0.1) is 5.60 Å². The van der Waals surface area contributed by atoms with Crippen LogP contribution in [0.15, 0.2) is 24.4 Å². The van der Waals surface area contributed by atoms with E-state index >= 15 is 0 Å². The maximum absolute atomic E-state index is 10.4. The molecule has 0 radical (unpaired) electrons. The van der Waals surface area contributed by atoms with Crippen LogP contribution in [-0.2, 0) is 6.42 Å². The van der Waals surface area contributed by atoms with E-state index < -0.39 is 5.60 Å². The van der Waals surface area contributed by atoms with E-state index in [1.165, 1.54) is 0 Å². The van der Waals surface area contributed by atoms with Crippen molar-refractivity contribution in [3.8, 4) is 0 Å². The average Bonchev–Trinajstić information content (AvgIpc) is 2.19. The lowest BCUT2D eigenvalue weighted by atomic mass is 9.88. The van der Waals surface area contributed by atoms with Gasteiger partial charge in [0.25, 0.3) is 0 Å². The molecule has 0 amide bonds. The lowest BCUT2D eigenvalue weighted by Gasteiger charge is -2.27. The first-order valence-corrected chi connectivity index (χ1v) is 5.82. The fraction of sp³-hybridized carbons (Fsp3) is 0.615. The van der Waals surface area contributed by atoms with Crippen molar-refractivity contribution < 1.29 is 5.11 Å². The molecule has 1 rings (SSSR count). The lowest BCUT2D eigenvalue weighted by molar-refractivity contribution is 0.0207. The Balaban J connectivity index is 2.66. The van der Waals surface area contributed by atoms with Gasteiger partial charge in [-0.3, -0.25) is 4.98 Å². The molecule has 1 N–H and O–H groups in total. The highest BCUT2D eigenvalue weighted by Crippen LogP contribution is 2.23. The first kappa shape index (κ1) is 12.2. The van der Waals surface area contributed by atoms with Gasteiger partial charge < -0.3 is 5.11 Å². The zero-order chi connectivity index (χ0) is 11.1. The van der Waals surface area contributed by atoms with Crippen LogP contribution in [0.3, 0.4) is 0 Å².